The molecule has 8 heteroatoms. The van der Waals surface area contributed by atoms with Crippen molar-refractivity contribution in [1.82, 2.24) is 0 Å². The van der Waals surface area contributed by atoms with Gasteiger partial charge in [-0.1, -0.05) is 152 Å². The van der Waals surface area contributed by atoms with E-state index in [1.54, 1.807) is 0 Å². The lowest BCUT2D eigenvalue weighted by Gasteiger charge is -2.47. The number of hydrogen-bond donors (Lipinski definition) is 0. The number of para-hydroxylation sites is 8. The highest BCUT2D eigenvalue weighted by Crippen LogP contribution is 2.52. The number of anilines is 14. The summed E-state index contributed by atoms with van der Waals surface area (Å²) in [5, 5.41) is 2.22. The second-order valence-corrected chi connectivity index (χ2v) is 20.7. The van der Waals surface area contributed by atoms with Crippen LogP contribution in [0, 0.1) is 0 Å². The molecule has 0 unspecified atom stereocenters. The van der Waals surface area contributed by atoms with Gasteiger partial charge in [0, 0.05) is 91.9 Å². The Morgan fingerprint density at radius 3 is 1.38 bits per heavy atom. The van der Waals surface area contributed by atoms with Crippen LogP contribution in [0.3, 0.4) is 0 Å². The van der Waals surface area contributed by atoms with E-state index in [1.807, 2.05) is 0 Å². The minimum absolute atomic E-state index is 0.0904. The van der Waals surface area contributed by atoms with E-state index < -0.39 is 0 Å². The molecular weight excluding hydrogens is 924 g/mol. The number of nitrogens with zero attached hydrogens (tertiary/aromatic N) is 5. The van der Waals surface area contributed by atoms with Crippen molar-refractivity contribution in [1.29, 1.82) is 0 Å². The van der Waals surface area contributed by atoms with Crippen LogP contribution in [0.1, 0.15) is 5.56 Å². The van der Waals surface area contributed by atoms with Gasteiger partial charge < -0.3 is 28.9 Å². The Kier molecular flexibility index (Phi) is 8.76. The van der Waals surface area contributed by atoms with E-state index in [0.717, 1.165) is 74.7 Å². The quantitative estimate of drug-likeness (QED) is 0.160. The smallest absolute Gasteiger partial charge is 0.252 e. The summed E-state index contributed by atoms with van der Waals surface area (Å²) in [7, 11) is 0. The maximum absolute atomic E-state index is 7.00. The van der Waals surface area contributed by atoms with Gasteiger partial charge in [-0.15, -0.1) is 0 Å². The van der Waals surface area contributed by atoms with Crippen LogP contribution < -0.4 is 57.3 Å². The first-order chi connectivity index (χ1) is 37.7. The molecule has 0 bridgehead atoms. The molecule has 5 aliphatic heterocycles. The lowest BCUT2D eigenvalue weighted by Crippen LogP contribution is -2.65. The fraction of sp³-hybridized carbons (Fsp3) is 0.0294. The summed E-state index contributed by atoms with van der Waals surface area (Å²) in [4.78, 5) is 12.7. The summed E-state index contributed by atoms with van der Waals surface area (Å²) in [5.41, 5.74) is 27.1. The maximum atomic E-state index is 7.00. The third kappa shape index (κ3) is 5.78. The lowest BCUT2D eigenvalue weighted by molar-refractivity contribution is 0.669. The van der Waals surface area contributed by atoms with Crippen LogP contribution in [0.5, 0.6) is 0 Å². The molecule has 1 aromatic heterocycles. The molecule has 17 rings (SSSR count). The Bertz CT molecular complexity index is 4360. The molecule has 0 saturated heterocycles. The molecule has 6 heterocycles. The van der Waals surface area contributed by atoms with Gasteiger partial charge in [0.15, 0.2) is 0 Å². The second-order valence-electron chi connectivity index (χ2n) is 20.7. The highest BCUT2D eigenvalue weighted by Gasteiger charge is 2.49. The summed E-state index contributed by atoms with van der Waals surface area (Å²) < 4.78 is 7.00. The fourth-order valence-corrected chi connectivity index (χ4v) is 13.8. The molecule has 0 saturated carbocycles. The summed E-state index contributed by atoms with van der Waals surface area (Å²) >= 11 is 0. The number of fused-ring (bicyclic) bond motifs is 13. The molecule has 0 radical (unpaired) electrons. The van der Waals surface area contributed by atoms with E-state index in [2.05, 4.69) is 273 Å². The van der Waals surface area contributed by atoms with Gasteiger partial charge in [-0.05, 0) is 136 Å². The average Bonchev–Trinajstić information content (AvgIpc) is 4.22. The number of furan rings is 1. The SMILES string of the molecule is c1ccc(N2c3ccccc3B3c4cc5c(cc4N(c4ccccc4)c4cc(N6CCc7ccccc76)cc2c43)N(c2ccccc2)c2c3c(cc4oc6ccccc6c24)N(c2ccccc2)c2ccccc2B53)cc1. The molecule has 0 aliphatic carbocycles. The first kappa shape index (κ1) is 41.8. The normalized spacial score (nSPS) is 14.3. The van der Waals surface area contributed by atoms with Crippen molar-refractivity contribution < 1.29 is 4.42 Å². The molecule has 11 aromatic carbocycles. The van der Waals surface area contributed by atoms with Gasteiger partial charge in [0.2, 0.25) is 0 Å². The molecule has 0 atom stereocenters. The highest BCUT2D eigenvalue weighted by atomic mass is 16.3. The minimum Gasteiger partial charge on any atom is -0.456 e. The number of rotatable bonds is 5. The summed E-state index contributed by atoms with van der Waals surface area (Å²) in [6.07, 6.45) is 0.999. The van der Waals surface area contributed by atoms with Crippen LogP contribution in [-0.4, -0.2) is 20.0 Å². The van der Waals surface area contributed by atoms with Gasteiger partial charge in [0.1, 0.15) is 11.2 Å². The van der Waals surface area contributed by atoms with Gasteiger partial charge >= 0.3 is 0 Å². The van der Waals surface area contributed by atoms with E-state index in [0.29, 0.717) is 0 Å². The molecular formula is C68H45B2N5O. The molecule has 0 amide bonds. The second kappa shape index (κ2) is 15.9. The Morgan fingerprint density at radius 1 is 0.316 bits per heavy atom. The Morgan fingerprint density at radius 2 is 0.776 bits per heavy atom. The largest absolute Gasteiger partial charge is 0.456 e. The summed E-state index contributed by atoms with van der Waals surface area (Å²) in [6, 6.07) is 92.2. The van der Waals surface area contributed by atoms with E-state index >= 15 is 0 Å². The topological polar surface area (TPSA) is 29.3 Å². The van der Waals surface area contributed by atoms with Crippen LogP contribution in [0.15, 0.2) is 253 Å². The Balaban J connectivity index is 1.02. The highest BCUT2D eigenvalue weighted by molar-refractivity contribution is 7.03. The molecule has 6 nitrogen and oxygen atoms in total. The molecule has 76 heavy (non-hydrogen) atoms. The average molecular weight is 970 g/mol. The molecule has 12 aromatic rings. The molecule has 5 aliphatic rings. The third-order valence-electron chi connectivity index (χ3n) is 16.8. The predicted octanol–water partition coefficient (Wildman–Crippen LogP) is 13.4. The van der Waals surface area contributed by atoms with Gasteiger partial charge in [0.05, 0.1) is 11.1 Å². The van der Waals surface area contributed by atoms with Crippen molar-refractivity contribution in [2.75, 3.05) is 31.0 Å². The van der Waals surface area contributed by atoms with Crippen molar-refractivity contribution in [3.63, 3.8) is 0 Å². The Labute approximate surface area is 441 Å². The van der Waals surface area contributed by atoms with Crippen molar-refractivity contribution in [2.24, 2.45) is 0 Å². The summed E-state index contributed by atoms with van der Waals surface area (Å²) in [5.74, 6) is 0. The monoisotopic (exact) mass is 969 g/mol. The zero-order chi connectivity index (χ0) is 49.6. The molecule has 0 N–H and O–H groups in total. The summed E-state index contributed by atoms with van der Waals surface area (Å²) in [6.45, 7) is 0.697. The van der Waals surface area contributed by atoms with Crippen LogP contribution in [0.25, 0.3) is 21.9 Å². The molecule has 0 spiro atoms. The van der Waals surface area contributed by atoms with Crippen LogP contribution in [-0.2, 0) is 6.42 Å². The van der Waals surface area contributed by atoms with Gasteiger partial charge in [-0.3, -0.25) is 0 Å². The van der Waals surface area contributed by atoms with E-state index in [-0.39, 0.29) is 13.4 Å². The Hall–Kier alpha value is -9.65. The van der Waals surface area contributed by atoms with Crippen LogP contribution >= 0.6 is 0 Å². The van der Waals surface area contributed by atoms with Crippen LogP contribution in [0.4, 0.5) is 79.6 Å². The maximum Gasteiger partial charge on any atom is 0.252 e. The minimum atomic E-state index is -0.122. The number of hydrogen-bond acceptors (Lipinski definition) is 6. The van der Waals surface area contributed by atoms with Crippen molar-refractivity contribution in [3.8, 4) is 0 Å². The van der Waals surface area contributed by atoms with Crippen LogP contribution in [0.2, 0.25) is 0 Å². The third-order valence-corrected chi connectivity index (χ3v) is 16.8. The van der Waals surface area contributed by atoms with Crippen molar-refractivity contribution in [3.05, 3.63) is 254 Å². The van der Waals surface area contributed by atoms with E-state index in [1.165, 1.54) is 78.2 Å². The lowest BCUT2D eigenvalue weighted by atomic mass is 9.30. The first-order valence-electron chi connectivity index (χ1n) is 26.5. The molecule has 0 fully saturated rings. The van der Waals surface area contributed by atoms with E-state index in [9.17, 15) is 0 Å². The number of benzene rings is 11. The van der Waals surface area contributed by atoms with Gasteiger partial charge in [-0.25, -0.2) is 0 Å². The first-order valence-corrected chi connectivity index (χ1v) is 26.5. The standard InChI is InChI=1S/C68H45B2N5O/c1-5-22-45(23-6-1)72-56-34-18-15-31-51(56)69-53-41-54-59(42-58(53)74(47-26-9-3-10-27-47)61-40-49(39-60(72)66(61)69)71-38-37-44-21-13-17-33-55(44)71)75(48-28-11-4-12-29-48)68-65-50-30-14-20-36-63(50)76-64(65)43-62-67(68)70(54)52-32-16-19-35-57(52)73(62)46-24-7-2-8-25-46/h1-36,39-43H,37-38H2. The van der Waals surface area contributed by atoms with Crippen molar-refractivity contribution in [2.45, 2.75) is 6.42 Å². The zero-order valence-electron chi connectivity index (χ0n) is 41.4. The zero-order valence-corrected chi connectivity index (χ0v) is 41.4. The van der Waals surface area contributed by atoms with Gasteiger partial charge in [-0.2, -0.15) is 0 Å². The fourth-order valence-electron chi connectivity index (χ4n) is 13.8. The van der Waals surface area contributed by atoms with E-state index in [4.69, 9.17) is 4.42 Å². The van der Waals surface area contributed by atoms with Gasteiger partial charge in [0.25, 0.3) is 13.4 Å². The van der Waals surface area contributed by atoms with Crippen molar-refractivity contribution >= 4 is 148 Å². The predicted molar refractivity (Wildman–Crippen MR) is 319 cm³/mol. The molecule has 354 valence electrons.